The van der Waals surface area contributed by atoms with Crippen LogP contribution in [0, 0.1) is 11.8 Å². The van der Waals surface area contributed by atoms with Crippen molar-refractivity contribution in [1.29, 1.82) is 0 Å². The number of amides is 2. The van der Waals surface area contributed by atoms with Gasteiger partial charge in [0.05, 0.1) is 12.1 Å². The Balaban J connectivity index is 1.21. The smallest absolute Gasteiger partial charge is 0.410 e. The Morgan fingerprint density at radius 3 is 1.98 bits per heavy atom. The third-order valence-electron chi connectivity index (χ3n) is 9.35. The predicted molar refractivity (Wildman–Crippen MR) is 201 cm³/mol. The fraction of sp³-hybridized carbons (Fsp3) is 0.625. The summed E-state index contributed by atoms with van der Waals surface area (Å²) < 4.78 is 26.1. The van der Waals surface area contributed by atoms with Gasteiger partial charge in [-0.15, -0.1) is 0 Å². The molecule has 2 aliphatic heterocycles. The van der Waals surface area contributed by atoms with E-state index in [4.69, 9.17) is 35.5 Å². The van der Waals surface area contributed by atoms with E-state index >= 15 is 0 Å². The Hall–Kier alpha value is -3.66. The molecule has 51 heavy (non-hydrogen) atoms. The zero-order valence-electron chi connectivity index (χ0n) is 31.4. The number of para-hydroxylation sites is 1. The van der Waals surface area contributed by atoms with Gasteiger partial charge in [-0.05, 0) is 141 Å². The second kappa shape index (κ2) is 17.2. The quantitative estimate of drug-likeness (QED) is 0.172. The van der Waals surface area contributed by atoms with E-state index in [9.17, 15) is 9.59 Å². The highest BCUT2D eigenvalue weighted by Gasteiger charge is 2.29. The van der Waals surface area contributed by atoms with E-state index in [1.54, 1.807) is 0 Å². The van der Waals surface area contributed by atoms with Gasteiger partial charge in [0.25, 0.3) is 0 Å². The summed E-state index contributed by atoms with van der Waals surface area (Å²) in [5.41, 5.74) is 0.852. The molecule has 0 saturated carbocycles. The van der Waals surface area contributed by atoms with Crippen molar-refractivity contribution in [3.63, 3.8) is 0 Å². The summed E-state index contributed by atoms with van der Waals surface area (Å²) in [6.45, 7) is 16.1. The van der Waals surface area contributed by atoms with Crippen LogP contribution in [0.3, 0.4) is 0 Å². The molecular formula is C40H57ClN4O6. The number of benzene rings is 2. The summed E-state index contributed by atoms with van der Waals surface area (Å²) in [6.07, 6.45) is 7.57. The normalized spacial score (nSPS) is 18.5. The first kappa shape index (κ1) is 38.6. The summed E-state index contributed by atoms with van der Waals surface area (Å²) in [7, 11) is 0. The van der Waals surface area contributed by atoms with Gasteiger partial charge in [-0.3, -0.25) is 0 Å². The minimum absolute atomic E-state index is 0.219. The molecule has 2 aliphatic rings. The Bertz CT molecular complexity index is 1600. The number of imidazole rings is 1. The molecule has 2 fully saturated rings. The van der Waals surface area contributed by atoms with E-state index in [1.807, 2.05) is 87.7 Å². The van der Waals surface area contributed by atoms with E-state index in [1.165, 1.54) is 0 Å². The molecule has 0 N–H and O–H groups in total. The Morgan fingerprint density at radius 1 is 0.804 bits per heavy atom. The number of rotatable bonds is 12. The average molecular weight is 725 g/mol. The molecule has 3 aromatic rings. The first-order chi connectivity index (χ1) is 24.2. The van der Waals surface area contributed by atoms with Gasteiger partial charge in [-0.25, -0.2) is 14.6 Å². The van der Waals surface area contributed by atoms with Gasteiger partial charge in [0.1, 0.15) is 40.6 Å². The van der Waals surface area contributed by atoms with Crippen LogP contribution in [0.1, 0.15) is 98.7 Å². The SMILES string of the molecule is CC(C)(C)OC(=O)N1CCCC(CCCn2c(COc3ccc(Cl)cc3)nc3c(OCCC[C@H]4CCCN(C(=O)OC(C)(C)C)C4)cccc32)C1. The summed E-state index contributed by atoms with van der Waals surface area (Å²) in [5, 5.41) is 0.660. The number of carbonyl (C=O) groups is 2. The summed E-state index contributed by atoms with van der Waals surface area (Å²) >= 11 is 6.10. The number of likely N-dealkylation sites (tertiary alicyclic amines) is 2. The minimum Gasteiger partial charge on any atom is -0.491 e. The van der Waals surface area contributed by atoms with Crippen LogP contribution in [0.4, 0.5) is 9.59 Å². The topological polar surface area (TPSA) is 95.4 Å². The Morgan fingerprint density at radius 2 is 1.39 bits per heavy atom. The fourth-order valence-electron chi connectivity index (χ4n) is 7.00. The minimum atomic E-state index is -0.500. The number of ether oxygens (including phenoxy) is 4. The molecule has 2 aromatic carbocycles. The summed E-state index contributed by atoms with van der Waals surface area (Å²) in [5.74, 6) is 3.18. The van der Waals surface area contributed by atoms with Crippen LogP contribution in [-0.4, -0.2) is 75.5 Å². The maximum Gasteiger partial charge on any atom is 0.410 e. The molecule has 5 rings (SSSR count). The van der Waals surface area contributed by atoms with Gasteiger partial charge >= 0.3 is 12.2 Å². The highest BCUT2D eigenvalue weighted by molar-refractivity contribution is 6.30. The Kier molecular flexibility index (Phi) is 13.0. The number of aryl methyl sites for hydroxylation is 1. The van der Waals surface area contributed by atoms with Gasteiger partial charge in [0.15, 0.2) is 0 Å². The zero-order valence-corrected chi connectivity index (χ0v) is 32.2. The fourth-order valence-corrected chi connectivity index (χ4v) is 7.13. The molecule has 3 heterocycles. The molecule has 0 aliphatic carbocycles. The van der Waals surface area contributed by atoms with E-state index < -0.39 is 11.2 Å². The van der Waals surface area contributed by atoms with Gasteiger partial charge in [-0.2, -0.15) is 0 Å². The maximum atomic E-state index is 12.7. The van der Waals surface area contributed by atoms with E-state index in [0.717, 1.165) is 112 Å². The highest BCUT2D eigenvalue weighted by atomic mass is 35.5. The van der Waals surface area contributed by atoms with Crippen LogP contribution in [0.25, 0.3) is 11.0 Å². The van der Waals surface area contributed by atoms with Gasteiger partial charge in [-0.1, -0.05) is 17.7 Å². The molecule has 2 atom stereocenters. The highest BCUT2D eigenvalue weighted by Crippen LogP contribution is 2.30. The largest absolute Gasteiger partial charge is 0.491 e. The van der Waals surface area contributed by atoms with Crippen LogP contribution >= 0.6 is 11.6 Å². The zero-order chi connectivity index (χ0) is 36.6. The predicted octanol–water partition coefficient (Wildman–Crippen LogP) is 9.50. The van der Waals surface area contributed by atoms with Crippen molar-refractivity contribution in [3.05, 3.63) is 53.3 Å². The molecule has 1 unspecified atom stereocenters. The molecule has 11 heteroatoms. The maximum absolute atomic E-state index is 12.7. The number of piperidine rings is 2. The third kappa shape index (κ3) is 11.7. The standard InChI is InChI=1S/C40H57ClN4O6/c1-39(2,3)50-37(46)43-22-8-12-29(26-43)14-10-24-45-33-16-7-17-34(36(33)42-35(45)28-49-32-20-18-31(41)19-21-32)48-25-11-15-30-13-9-23-44(27-30)38(47)51-40(4,5)6/h7,16-21,29-30H,8-15,22-28H2,1-6H3/t29?,30-/m1/s1. The average Bonchev–Trinajstić information content (AvgIpc) is 3.43. The van der Waals surface area contributed by atoms with Crippen LogP contribution < -0.4 is 9.47 Å². The molecule has 0 bridgehead atoms. The van der Waals surface area contributed by atoms with E-state index in [2.05, 4.69) is 10.6 Å². The lowest BCUT2D eigenvalue weighted by Crippen LogP contribution is -2.42. The first-order valence-electron chi connectivity index (χ1n) is 18.7. The molecule has 280 valence electrons. The Labute approximate surface area is 308 Å². The van der Waals surface area contributed by atoms with Crippen molar-refractivity contribution in [2.24, 2.45) is 11.8 Å². The second-order valence-corrected chi connectivity index (χ2v) is 16.5. The number of hydrogen-bond donors (Lipinski definition) is 0. The van der Waals surface area contributed by atoms with Crippen LogP contribution in [0.2, 0.25) is 5.02 Å². The molecule has 1 aromatic heterocycles. The van der Waals surface area contributed by atoms with Crippen molar-refractivity contribution >= 4 is 34.8 Å². The second-order valence-electron chi connectivity index (χ2n) is 16.0. The third-order valence-corrected chi connectivity index (χ3v) is 9.60. The van der Waals surface area contributed by atoms with Crippen molar-refractivity contribution in [2.75, 3.05) is 32.8 Å². The van der Waals surface area contributed by atoms with Crippen LogP contribution in [-0.2, 0) is 22.6 Å². The number of aromatic nitrogens is 2. The van der Waals surface area contributed by atoms with Crippen molar-refractivity contribution in [2.45, 2.75) is 117 Å². The summed E-state index contributed by atoms with van der Waals surface area (Å²) in [6, 6.07) is 13.5. The first-order valence-corrected chi connectivity index (χ1v) is 19.1. The van der Waals surface area contributed by atoms with Gasteiger partial charge < -0.3 is 33.3 Å². The molecule has 10 nitrogen and oxygen atoms in total. The number of hydrogen-bond acceptors (Lipinski definition) is 7. The van der Waals surface area contributed by atoms with Crippen molar-refractivity contribution < 1.29 is 28.5 Å². The van der Waals surface area contributed by atoms with E-state index in [0.29, 0.717) is 30.1 Å². The number of nitrogens with zero attached hydrogens (tertiary/aromatic N) is 4. The lowest BCUT2D eigenvalue weighted by atomic mass is 9.93. The molecule has 2 saturated heterocycles. The molecule has 0 spiro atoms. The molecule has 0 radical (unpaired) electrons. The van der Waals surface area contributed by atoms with E-state index in [-0.39, 0.29) is 12.2 Å². The lowest BCUT2D eigenvalue weighted by Gasteiger charge is -2.34. The van der Waals surface area contributed by atoms with Crippen molar-refractivity contribution in [1.82, 2.24) is 19.4 Å². The van der Waals surface area contributed by atoms with Gasteiger partial charge in [0, 0.05) is 37.7 Å². The number of halogens is 1. The molecule has 2 amide bonds. The number of carbonyl (C=O) groups excluding carboxylic acids is 2. The molecular weight excluding hydrogens is 668 g/mol. The summed E-state index contributed by atoms with van der Waals surface area (Å²) in [4.78, 5) is 34.2. The van der Waals surface area contributed by atoms with Gasteiger partial charge in [0.2, 0.25) is 0 Å². The number of fused-ring (bicyclic) bond motifs is 1. The lowest BCUT2D eigenvalue weighted by molar-refractivity contribution is 0.0150. The van der Waals surface area contributed by atoms with Crippen LogP contribution in [0.5, 0.6) is 11.5 Å². The monoisotopic (exact) mass is 724 g/mol. The van der Waals surface area contributed by atoms with Crippen LogP contribution in [0.15, 0.2) is 42.5 Å². The van der Waals surface area contributed by atoms with Crippen molar-refractivity contribution in [3.8, 4) is 11.5 Å².